The molecule has 1 N–H and O–H groups in total. The number of benzene rings is 3. The SMILES string of the molecule is COc1cc(O)c([C@H]2C3=CCn4c(=O)n(-c5ccccc5)c(=O)n4[C@@H]3C[C@@]3(Cl)C(=O)N(c4c(F)c(F)c(F)c(F)c4F)C(=O)[C@@]23Cl)c(OC)c1. The average Bonchev–Trinajstić information content (AvgIpc) is 3.45. The normalized spacial score (nSPS) is 24.1. The molecule has 2 fully saturated rings. The van der Waals surface area contributed by atoms with Gasteiger partial charge in [-0.05, 0) is 17.7 Å². The van der Waals surface area contributed by atoms with Crippen molar-refractivity contribution in [3.05, 3.63) is 110 Å². The van der Waals surface area contributed by atoms with Crippen LogP contribution in [0.2, 0.25) is 0 Å². The van der Waals surface area contributed by atoms with Gasteiger partial charge in [-0.1, -0.05) is 24.3 Å². The molecule has 2 amide bonds. The molecule has 7 rings (SSSR count). The molecule has 0 radical (unpaired) electrons. The van der Waals surface area contributed by atoms with Gasteiger partial charge in [-0.25, -0.2) is 50.4 Å². The van der Waals surface area contributed by atoms with Crippen molar-refractivity contribution in [1.29, 1.82) is 0 Å². The third kappa shape index (κ3) is 4.08. The van der Waals surface area contributed by atoms with Gasteiger partial charge in [0.15, 0.2) is 33.0 Å². The molecular weight excluding hydrogens is 718 g/mol. The molecule has 11 nitrogen and oxygen atoms in total. The maximum atomic E-state index is 15.2. The van der Waals surface area contributed by atoms with E-state index in [0.29, 0.717) is 0 Å². The molecule has 2 aliphatic heterocycles. The minimum Gasteiger partial charge on any atom is -0.507 e. The number of carbonyl (C=O) groups is 2. The number of fused-ring (bicyclic) bond motifs is 4. The van der Waals surface area contributed by atoms with E-state index in [1.807, 2.05) is 0 Å². The number of hydrogen-bond donors (Lipinski definition) is 1. The number of imide groups is 1. The number of halogens is 7. The second-order valence-corrected chi connectivity index (χ2v) is 12.9. The zero-order valence-electron chi connectivity index (χ0n) is 25.5. The van der Waals surface area contributed by atoms with Crippen LogP contribution in [0.25, 0.3) is 5.69 Å². The quantitative estimate of drug-likeness (QED) is 0.0804. The first-order valence-corrected chi connectivity index (χ1v) is 15.3. The summed E-state index contributed by atoms with van der Waals surface area (Å²) in [5.74, 6) is -18.5. The lowest BCUT2D eigenvalue weighted by molar-refractivity contribution is -0.122. The Bertz CT molecular complexity index is 2300. The van der Waals surface area contributed by atoms with Crippen LogP contribution in [0.5, 0.6) is 17.2 Å². The molecule has 1 saturated heterocycles. The number of hydrogen-bond acceptors (Lipinski definition) is 7. The first-order valence-electron chi connectivity index (χ1n) is 14.6. The van der Waals surface area contributed by atoms with E-state index in [4.69, 9.17) is 32.7 Å². The molecule has 18 heteroatoms. The number of phenols is 1. The van der Waals surface area contributed by atoms with Crippen molar-refractivity contribution >= 4 is 40.7 Å². The molecule has 260 valence electrons. The van der Waals surface area contributed by atoms with Gasteiger partial charge in [0.2, 0.25) is 5.82 Å². The lowest BCUT2D eigenvalue weighted by Gasteiger charge is -2.49. The largest absolute Gasteiger partial charge is 0.507 e. The fourth-order valence-electron chi connectivity index (χ4n) is 7.11. The van der Waals surface area contributed by atoms with Crippen LogP contribution in [0.3, 0.4) is 0 Å². The molecule has 0 bridgehead atoms. The first-order chi connectivity index (χ1) is 23.6. The summed E-state index contributed by atoms with van der Waals surface area (Å²) in [5, 5.41) is 11.4. The monoisotopic (exact) mass is 738 g/mol. The molecule has 1 aromatic heterocycles. The third-order valence-electron chi connectivity index (χ3n) is 9.34. The Kier molecular flexibility index (Phi) is 7.49. The zero-order chi connectivity index (χ0) is 36.2. The summed E-state index contributed by atoms with van der Waals surface area (Å²) in [4.78, 5) is 50.4. The highest BCUT2D eigenvalue weighted by molar-refractivity contribution is 6.58. The zero-order valence-corrected chi connectivity index (χ0v) is 27.0. The summed E-state index contributed by atoms with van der Waals surface area (Å²) in [6.07, 6.45) is 0.586. The topological polar surface area (TPSA) is 125 Å². The van der Waals surface area contributed by atoms with E-state index in [9.17, 15) is 37.5 Å². The van der Waals surface area contributed by atoms with Crippen molar-refractivity contribution in [2.24, 2.45) is 0 Å². The summed E-state index contributed by atoms with van der Waals surface area (Å²) in [6, 6.07) is 8.74. The van der Waals surface area contributed by atoms with Crippen molar-refractivity contribution in [2.75, 3.05) is 19.1 Å². The Labute approximate surface area is 286 Å². The van der Waals surface area contributed by atoms with E-state index in [-0.39, 0.29) is 39.8 Å². The van der Waals surface area contributed by atoms with E-state index < -0.39 is 91.8 Å². The highest BCUT2D eigenvalue weighted by Crippen LogP contribution is 2.66. The van der Waals surface area contributed by atoms with E-state index in [0.717, 1.165) is 20.0 Å². The minimum atomic E-state index is -2.89. The standard InChI is InChI=1S/C32H21Cl2F5N4O7/c1-49-14-10-17(44)19(18(11-14)50-2)20-15-8-9-40-29(47)41(13-6-4-3-5-7-13)30(48)43(40)16(15)12-31(33)27(45)42(28(46)32(20,31)34)26-24(38)22(36)21(35)23(37)25(26)39/h3-8,10-11,16,20,44H,9,12H2,1-2H3/t16-,20-,31-,32+/m1/s1. The maximum Gasteiger partial charge on any atom is 0.352 e. The summed E-state index contributed by atoms with van der Waals surface area (Å²) in [6.45, 7) is -0.318. The molecule has 4 atom stereocenters. The molecule has 3 heterocycles. The second kappa shape index (κ2) is 11.2. The van der Waals surface area contributed by atoms with Crippen LogP contribution in [-0.2, 0) is 16.1 Å². The first kappa shape index (κ1) is 33.4. The van der Waals surface area contributed by atoms with Crippen LogP contribution < -0.4 is 25.8 Å². The minimum absolute atomic E-state index is 0.0303. The number of amides is 2. The molecular formula is C32H21Cl2F5N4O7. The molecule has 0 spiro atoms. The van der Waals surface area contributed by atoms with Gasteiger partial charge < -0.3 is 14.6 Å². The van der Waals surface area contributed by atoms with E-state index in [1.54, 1.807) is 18.2 Å². The number of aromatic nitrogens is 3. The lowest BCUT2D eigenvalue weighted by atomic mass is 9.64. The van der Waals surface area contributed by atoms with E-state index in [1.165, 1.54) is 38.5 Å². The van der Waals surface area contributed by atoms with Crippen molar-refractivity contribution in [3.63, 3.8) is 0 Å². The predicted molar refractivity (Wildman–Crippen MR) is 166 cm³/mol. The number of alkyl halides is 2. The van der Waals surface area contributed by atoms with Gasteiger partial charge in [0.05, 0.1) is 32.5 Å². The second-order valence-electron chi connectivity index (χ2n) is 11.7. The summed E-state index contributed by atoms with van der Waals surface area (Å²) in [5.41, 5.74) is -3.76. The van der Waals surface area contributed by atoms with Gasteiger partial charge in [0.1, 0.15) is 22.9 Å². The number of rotatable bonds is 5. The van der Waals surface area contributed by atoms with Crippen LogP contribution in [-0.4, -0.2) is 54.8 Å². The number of aromatic hydroxyl groups is 1. The molecule has 3 aliphatic rings. The number of allylic oxidation sites excluding steroid dienone is 2. The Balaban J connectivity index is 1.54. The molecule has 1 aliphatic carbocycles. The van der Waals surface area contributed by atoms with Gasteiger partial charge in [-0.2, -0.15) is 0 Å². The molecule has 1 saturated carbocycles. The number of phenolic OH excluding ortho intramolecular Hbond substituents is 1. The maximum absolute atomic E-state index is 15.2. The fraction of sp³-hybridized carbons (Fsp3) is 0.250. The summed E-state index contributed by atoms with van der Waals surface area (Å²) >= 11 is 14.2. The number of methoxy groups -OCH3 is 2. The molecule has 3 aromatic carbocycles. The van der Waals surface area contributed by atoms with Crippen molar-refractivity contribution in [2.45, 2.75) is 34.7 Å². The number of para-hydroxylation sites is 1. The summed E-state index contributed by atoms with van der Waals surface area (Å²) in [7, 11) is 2.44. The number of ether oxygens (including phenoxy) is 2. The molecule has 0 unspecified atom stereocenters. The third-order valence-corrected chi connectivity index (χ3v) is 10.8. The van der Waals surface area contributed by atoms with Crippen LogP contribution >= 0.6 is 23.2 Å². The van der Waals surface area contributed by atoms with Crippen molar-refractivity contribution < 1.29 is 46.1 Å². The van der Waals surface area contributed by atoms with Crippen LogP contribution in [0.1, 0.15) is 23.9 Å². The highest BCUT2D eigenvalue weighted by Gasteiger charge is 2.76. The van der Waals surface area contributed by atoms with Gasteiger partial charge >= 0.3 is 11.4 Å². The Morgan fingerprint density at radius 2 is 1.46 bits per heavy atom. The van der Waals surface area contributed by atoms with Crippen LogP contribution in [0.15, 0.2) is 63.7 Å². The fourth-order valence-corrected chi connectivity index (χ4v) is 8.01. The van der Waals surface area contributed by atoms with Crippen LogP contribution in [0.4, 0.5) is 27.6 Å². The van der Waals surface area contributed by atoms with E-state index in [2.05, 4.69) is 0 Å². The molecule has 4 aromatic rings. The van der Waals surface area contributed by atoms with E-state index >= 15 is 8.78 Å². The number of nitrogens with zero attached hydrogens (tertiary/aromatic N) is 4. The number of carbonyl (C=O) groups excluding carboxylic acids is 2. The van der Waals surface area contributed by atoms with Gasteiger partial charge in [-0.3, -0.25) is 9.59 Å². The van der Waals surface area contributed by atoms with Gasteiger partial charge in [0.25, 0.3) is 11.8 Å². The van der Waals surface area contributed by atoms with Crippen molar-refractivity contribution in [3.8, 4) is 22.9 Å². The predicted octanol–water partition coefficient (Wildman–Crippen LogP) is 4.42. The Morgan fingerprint density at radius 3 is 2.06 bits per heavy atom. The van der Waals surface area contributed by atoms with Crippen molar-refractivity contribution in [1.82, 2.24) is 13.9 Å². The Hall–Kier alpha value is -5.09. The average molecular weight is 739 g/mol. The number of anilines is 1. The summed E-state index contributed by atoms with van der Waals surface area (Å²) < 4.78 is 86.9. The lowest BCUT2D eigenvalue weighted by Crippen LogP contribution is -2.59. The van der Waals surface area contributed by atoms with Gasteiger partial charge in [0, 0.05) is 30.0 Å². The van der Waals surface area contributed by atoms with Crippen LogP contribution in [0, 0.1) is 29.1 Å². The highest BCUT2D eigenvalue weighted by atomic mass is 35.5. The molecule has 50 heavy (non-hydrogen) atoms. The Morgan fingerprint density at radius 1 is 0.840 bits per heavy atom. The van der Waals surface area contributed by atoms with Gasteiger partial charge in [-0.15, -0.1) is 23.2 Å². The smallest absolute Gasteiger partial charge is 0.352 e.